The first-order chi connectivity index (χ1) is 8.90. The monoisotopic (exact) mass is 304 g/mol. The smallest absolute Gasteiger partial charge is 0.245 e. The molecule has 1 aromatic rings. The third-order valence-corrected chi connectivity index (χ3v) is 3.26. The first-order valence-electron chi connectivity index (χ1n) is 6.70. The van der Waals surface area contributed by atoms with Crippen LogP contribution in [0.2, 0.25) is 10.4 Å². The van der Waals surface area contributed by atoms with E-state index in [-0.39, 0.29) is 5.28 Å². The van der Waals surface area contributed by atoms with Crippen LogP contribution in [0.5, 0.6) is 0 Å². The summed E-state index contributed by atoms with van der Waals surface area (Å²) < 4.78 is 0. The first-order valence-corrected chi connectivity index (χ1v) is 7.46. The third-order valence-electron chi connectivity index (χ3n) is 2.86. The lowest BCUT2D eigenvalue weighted by Gasteiger charge is -2.25. The van der Waals surface area contributed by atoms with Gasteiger partial charge in [0.1, 0.15) is 0 Å². The molecule has 108 valence electrons. The van der Waals surface area contributed by atoms with E-state index in [0.717, 1.165) is 25.9 Å². The van der Waals surface area contributed by atoms with Gasteiger partial charge in [-0.15, -0.1) is 10.2 Å². The molecule has 0 aliphatic heterocycles. The topological polar surface area (TPSA) is 41.9 Å². The Morgan fingerprint density at radius 1 is 0.947 bits per heavy atom. The lowest BCUT2D eigenvalue weighted by molar-refractivity contribution is 0.532. The number of halogens is 2. The Hall–Kier alpha value is -0.610. The molecule has 4 nitrogen and oxygen atoms in total. The van der Waals surface area contributed by atoms with E-state index in [2.05, 4.69) is 47.8 Å². The molecule has 0 unspecified atom stereocenters. The minimum absolute atomic E-state index is 0.137. The van der Waals surface area contributed by atoms with Gasteiger partial charge in [0.15, 0.2) is 11.0 Å². The van der Waals surface area contributed by atoms with Crippen molar-refractivity contribution in [3.8, 4) is 0 Å². The Labute approximate surface area is 125 Å². The second kappa shape index (κ2) is 7.85. The highest BCUT2D eigenvalue weighted by molar-refractivity contribution is 6.32. The Morgan fingerprint density at radius 3 is 1.95 bits per heavy atom. The average Bonchev–Trinajstić information content (AvgIpc) is 2.32. The highest BCUT2D eigenvalue weighted by atomic mass is 35.5. The molecule has 0 saturated heterocycles. The van der Waals surface area contributed by atoms with E-state index in [4.69, 9.17) is 23.2 Å². The summed E-state index contributed by atoms with van der Waals surface area (Å²) in [6.45, 7) is 10.6. The predicted octanol–water partition coefficient (Wildman–Crippen LogP) is 4.08. The number of hydrogen-bond donors (Lipinski definition) is 0. The fourth-order valence-electron chi connectivity index (χ4n) is 1.64. The van der Waals surface area contributed by atoms with Crippen molar-refractivity contribution in [1.29, 1.82) is 0 Å². The molecule has 0 bridgehead atoms. The summed E-state index contributed by atoms with van der Waals surface area (Å²) in [6.07, 6.45) is 2.16. The van der Waals surface area contributed by atoms with Gasteiger partial charge in [-0.3, -0.25) is 0 Å². The van der Waals surface area contributed by atoms with Gasteiger partial charge in [0, 0.05) is 13.1 Å². The molecule has 1 aromatic heterocycles. The zero-order valence-corrected chi connectivity index (χ0v) is 13.5. The van der Waals surface area contributed by atoms with E-state index < -0.39 is 0 Å². The van der Waals surface area contributed by atoms with Crippen LogP contribution in [-0.2, 0) is 0 Å². The molecule has 0 spiro atoms. The SMILES string of the molecule is CC(C)CCN(CCC(C)C)c1nc(Cl)nnc1Cl. The van der Waals surface area contributed by atoms with Gasteiger partial charge < -0.3 is 4.90 Å². The first kappa shape index (κ1) is 16.4. The van der Waals surface area contributed by atoms with Gasteiger partial charge >= 0.3 is 0 Å². The molecular formula is C13H22Cl2N4. The van der Waals surface area contributed by atoms with Crippen LogP contribution >= 0.6 is 23.2 Å². The Kier molecular flexibility index (Phi) is 6.80. The zero-order chi connectivity index (χ0) is 14.4. The van der Waals surface area contributed by atoms with Crippen LogP contribution in [0.1, 0.15) is 40.5 Å². The highest BCUT2D eigenvalue weighted by Gasteiger charge is 2.15. The van der Waals surface area contributed by atoms with E-state index in [1.165, 1.54) is 0 Å². The molecule has 0 aliphatic rings. The Morgan fingerprint density at radius 2 is 1.47 bits per heavy atom. The third kappa shape index (κ3) is 5.91. The second-order valence-corrected chi connectivity index (χ2v) is 6.24. The van der Waals surface area contributed by atoms with Crippen molar-refractivity contribution < 1.29 is 0 Å². The quantitative estimate of drug-likeness (QED) is 0.761. The van der Waals surface area contributed by atoms with Crippen LogP contribution in [0.25, 0.3) is 0 Å². The summed E-state index contributed by atoms with van der Waals surface area (Å²) in [7, 11) is 0. The molecule has 1 rings (SSSR count). The van der Waals surface area contributed by atoms with Crippen molar-refractivity contribution in [2.24, 2.45) is 11.8 Å². The summed E-state index contributed by atoms with van der Waals surface area (Å²) in [4.78, 5) is 6.37. The summed E-state index contributed by atoms with van der Waals surface area (Å²) in [5.74, 6) is 1.90. The van der Waals surface area contributed by atoms with Gasteiger partial charge in [-0.25, -0.2) is 0 Å². The fraction of sp³-hybridized carbons (Fsp3) is 0.769. The van der Waals surface area contributed by atoms with Gasteiger partial charge in [-0.1, -0.05) is 39.3 Å². The maximum absolute atomic E-state index is 6.09. The molecule has 1 heterocycles. The molecular weight excluding hydrogens is 283 g/mol. The summed E-state index contributed by atoms with van der Waals surface area (Å²) in [5.41, 5.74) is 0. The van der Waals surface area contributed by atoms with E-state index in [9.17, 15) is 0 Å². The molecule has 0 N–H and O–H groups in total. The molecule has 0 fully saturated rings. The van der Waals surface area contributed by atoms with Crippen LogP contribution < -0.4 is 4.90 Å². The van der Waals surface area contributed by atoms with Crippen molar-refractivity contribution >= 4 is 29.0 Å². The minimum atomic E-state index is 0.137. The van der Waals surface area contributed by atoms with E-state index in [1.54, 1.807) is 0 Å². The molecule has 0 radical (unpaired) electrons. The van der Waals surface area contributed by atoms with Crippen molar-refractivity contribution in [2.45, 2.75) is 40.5 Å². The van der Waals surface area contributed by atoms with Crippen LogP contribution in [0.4, 0.5) is 5.82 Å². The summed E-state index contributed by atoms with van der Waals surface area (Å²) >= 11 is 11.9. The number of aromatic nitrogens is 3. The zero-order valence-electron chi connectivity index (χ0n) is 12.0. The Balaban J connectivity index is 2.83. The standard InChI is InChI=1S/C13H22Cl2N4/c1-9(2)5-7-19(8-6-10(3)4)12-11(14)17-18-13(15)16-12/h9-10H,5-8H2,1-4H3. The molecule has 0 aliphatic carbocycles. The number of nitrogens with zero attached hydrogens (tertiary/aromatic N) is 4. The van der Waals surface area contributed by atoms with Gasteiger partial charge in [0.05, 0.1) is 0 Å². The van der Waals surface area contributed by atoms with Crippen molar-refractivity contribution in [3.63, 3.8) is 0 Å². The van der Waals surface area contributed by atoms with E-state index in [0.29, 0.717) is 22.8 Å². The van der Waals surface area contributed by atoms with Gasteiger partial charge in [0.25, 0.3) is 0 Å². The number of anilines is 1. The largest absolute Gasteiger partial charge is 0.354 e. The van der Waals surface area contributed by atoms with Crippen LogP contribution in [0.15, 0.2) is 0 Å². The molecule has 6 heteroatoms. The van der Waals surface area contributed by atoms with Gasteiger partial charge in [-0.2, -0.15) is 4.98 Å². The van der Waals surface area contributed by atoms with E-state index in [1.807, 2.05) is 0 Å². The summed E-state index contributed by atoms with van der Waals surface area (Å²) in [6, 6.07) is 0. The molecule has 0 aromatic carbocycles. The predicted molar refractivity (Wildman–Crippen MR) is 81.0 cm³/mol. The molecule has 0 amide bonds. The van der Waals surface area contributed by atoms with Gasteiger partial charge in [-0.05, 0) is 36.3 Å². The van der Waals surface area contributed by atoms with Crippen molar-refractivity contribution in [2.75, 3.05) is 18.0 Å². The van der Waals surface area contributed by atoms with Crippen LogP contribution in [-0.4, -0.2) is 28.3 Å². The molecule has 0 saturated carbocycles. The summed E-state index contributed by atoms with van der Waals surface area (Å²) in [5, 5.41) is 7.95. The van der Waals surface area contributed by atoms with Crippen molar-refractivity contribution in [3.05, 3.63) is 10.4 Å². The number of rotatable bonds is 7. The molecule has 19 heavy (non-hydrogen) atoms. The lowest BCUT2D eigenvalue weighted by Crippen LogP contribution is -2.29. The van der Waals surface area contributed by atoms with E-state index >= 15 is 0 Å². The maximum atomic E-state index is 6.09. The average molecular weight is 305 g/mol. The van der Waals surface area contributed by atoms with Crippen molar-refractivity contribution in [1.82, 2.24) is 15.2 Å². The second-order valence-electron chi connectivity index (χ2n) is 5.55. The number of hydrogen-bond acceptors (Lipinski definition) is 4. The highest BCUT2D eigenvalue weighted by Crippen LogP contribution is 2.23. The minimum Gasteiger partial charge on any atom is -0.354 e. The maximum Gasteiger partial charge on any atom is 0.245 e. The van der Waals surface area contributed by atoms with Crippen LogP contribution in [0.3, 0.4) is 0 Å². The molecule has 0 atom stereocenters. The Bertz CT molecular complexity index is 384. The fourth-order valence-corrected chi connectivity index (χ4v) is 1.96. The normalized spacial score (nSPS) is 11.4. The van der Waals surface area contributed by atoms with Gasteiger partial charge in [0.2, 0.25) is 5.28 Å². The lowest BCUT2D eigenvalue weighted by atomic mass is 10.1. The van der Waals surface area contributed by atoms with Crippen LogP contribution in [0, 0.1) is 11.8 Å².